The first-order chi connectivity index (χ1) is 17.2. The van der Waals surface area contributed by atoms with Crippen molar-refractivity contribution in [2.75, 3.05) is 56.0 Å². The number of nitrogens with zero attached hydrogens (tertiary/aromatic N) is 3. The van der Waals surface area contributed by atoms with Gasteiger partial charge in [-0.25, -0.2) is 0 Å². The number of carbonyl (C=O) groups excluding carboxylic acids is 1. The molecule has 2 aromatic rings. The van der Waals surface area contributed by atoms with Crippen LogP contribution in [-0.4, -0.2) is 73.1 Å². The predicted octanol–water partition coefficient (Wildman–Crippen LogP) is 5.96. The highest BCUT2D eigenvalue weighted by Gasteiger charge is 2.29. The van der Waals surface area contributed by atoms with Crippen molar-refractivity contribution in [2.45, 2.75) is 42.1 Å². The van der Waals surface area contributed by atoms with Gasteiger partial charge in [0.2, 0.25) is 5.91 Å². The van der Waals surface area contributed by atoms with E-state index in [-0.39, 0.29) is 28.6 Å². The number of hydrogen-bond acceptors (Lipinski definition) is 5. The number of carbonyl (C=O) groups is 1. The fraction of sp³-hybridized carbons (Fsp3) is 0.500. The Morgan fingerprint density at radius 1 is 0.944 bits per heavy atom. The van der Waals surface area contributed by atoms with Crippen LogP contribution in [0, 0.1) is 0 Å². The van der Waals surface area contributed by atoms with Gasteiger partial charge in [0.05, 0.1) is 0 Å². The lowest BCUT2D eigenvalue weighted by Gasteiger charge is -2.33. The number of amides is 1. The third-order valence-corrected chi connectivity index (χ3v) is 7.72. The van der Waals surface area contributed by atoms with Gasteiger partial charge in [-0.1, -0.05) is 11.6 Å². The van der Waals surface area contributed by atoms with Gasteiger partial charge in [-0.05, 0) is 86.1 Å². The van der Waals surface area contributed by atoms with E-state index in [4.69, 9.17) is 11.6 Å². The Bertz CT molecular complexity index is 982. The molecule has 2 aromatic carbocycles. The normalized spacial score (nSPS) is 18.2. The Morgan fingerprint density at radius 3 is 2.31 bits per heavy atom. The van der Waals surface area contributed by atoms with E-state index in [0.29, 0.717) is 19.5 Å². The highest BCUT2D eigenvalue weighted by Crippen LogP contribution is 2.37. The number of benzene rings is 2. The fourth-order valence-corrected chi connectivity index (χ4v) is 5.44. The summed E-state index contributed by atoms with van der Waals surface area (Å²) < 4.78 is 37.5. The van der Waals surface area contributed by atoms with Gasteiger partial charge in [-0.2, -0.15) is 13.2 Å². The lowest BCUT2D eigenvalue weighted by molar-refractivity contribution is -0.132. The summed E-state index contributed by atoms with van der Waals surface area (Å²) in [6.07, 6.45) is 3.23. The first-order valence-electron chi connectivity index (χ1n) is 12.4. The van der Waals surface area contributed by atoms with Gasteiger partial charge in [0.1, 0.15) is 0 Å². The highest BCUT2D eigenvalue weighted by molar-refractivity contribution is 8.00. The highest BCUT2D eigenvalue weighted by atomic mass is 35.5. The Morgan fingerprint density at radius 2 is 1.64 bits per heavy atom. The topological polar surface area (TPSA) is 38.8 Å². The molecule has 0 spiro atoms. The predicted molar refractivity (Wildman–Crippen MR) is 141 cm³/mol. The maximum absolute atomic E-state index is 12.8. The molecule has 36 heavy (non-hydrogen) atoms. The molecule has 0 unspecified atom stereocenters. The number of rotatable bonds is 7. The van der Waals surface area contributed by atoms with Crippen LogP contribution in [0.25, 0.3) is 0 Å². The SMILES string of the molecule is O=C(CCN1CCCN(c2ccc(Cl)cc2)CC1)N1CCC(Nc2ccc(SC(F)(F)F)cc2)CC1. The Balaban J connectivity index is 1.16. The molecule has 0 saturated carbocycles. The standard InChI is InChI=1S/C26H32ClF3N4OS/c27-20-2-6-23(7-3-20)33-14-1-13-32(18-19-33)15-12-25(35)34-16-10-22(11-17-34)31-21-4-8-24(9-5-21)36-26(28,29)30/h2-9,22,31H,1,10-19H2. The van der Waals surface area contributed by atoms with Crippen LogP contribution in [0.15, 0.2) is 53.4 Å². The van der Waals surface area contributed by atoms with Gasteiger partial charge < -0.3 is 20.0 Å². The van der Waals surface area contributed by atoms with E-state index in [1.807, 2.05) is 17.0 Å². The van der Waals surface area contributed by atoms with Gasteiger partial charge in [-0.15, -0.1) is 0 Å². The molecule has 196 valence electrons. The van der Waals surface area contributed by atoms with Crippen LogP contribution in [-0.2, 0) is 4.79 Å². The minimum atomic E-state index is -4.28. The van der Waals surface area contributed by atoms with Crippen molar-refractivity contribution in [3.8, 4) is 0 Å². The van der Waals surface area contributed by atoms with Crippen molar-refractivity contribution in [1.29, 1.82) is 0 Å². The van der Waals surface area contributed by atoms with Gasteiger partial charge >= 0.3 is 5.51 Å². The minimum Gasteiger partial charge on any atom is -0.382 e. The molecule has 0 atom stereocenters. The van der Waals surface area contributed by atoms with E-state index >= 15 is 0 Å². The van der Waals surface area contributed by atoms with Crippen LogP contribution in [0.1, 0.15) is 25.7 Å². The Hall–Kier alpha value is -2.10. The molecule has 2 aliphatic heterocycles. The third-order valence-electron chi connectivity index (χ3n) is 6.73. The number of hydrogen-bond donors (Lipinski definition) is 1. The molecule has 0 bridgehead atoms. The van der Waals surface area contributed by atoms with E-state index in [2.05, 4.69) is 27.2 Å². The molecule has 2 fully saturated rings. The van der Waals surface area contributed by atoms with Crippen LogP contribution in [0.5, 0.6) is 0 Å². The number of anilines is 2. The molecule has 4 rings (SSSR count). The van der Waals surface area contributed by atoms with Crippen molar-refractivity contribution >= 4 is 40.6 Å². The van der Waals surface area contributed by atoms with E-state index in [1.165, 1.54) is 17.8 Å². The summed E-state index contributed by atoms with van der Waals surface area (Å²) in [4.78, 5) is 19.7. The second-order valence-electron chi connectivity index (χ2n) is 9.28. The first-order valence-corrected chi connectivity index (χ1v) is 13.6. The number of halogens is 4. The van der Waals surface area contributed by atoms with Crippen molar-refractivity contribution < 1.29 is 18.0 Å². The molecular weight excluding hydrogens is 509 g/mol. The zero-order chi connectivity index (χ0) is 25.5. The summed E-state index contributed by atoms with van der Waals surface area (Å²) >= 11 is 5.90. The molecule has 0 aromatic heterocycles. The lowest BCUT2D eigenvalue weighted by Crippen LogP contribution is -2.43. The first kappa shape index (κ1) is 26.9. The molecule has 1 N–H and O–H groups in total. The van der Waals surface area contributed by atoms with Crippen LogP contribution >= 0.6 is 23.4 Å². The van der Waals surface area contributed by atoms with Crippen molar-refractivity contribution in [2.24, 2.45) is 0 Å². The summed E-state index contributed by atoms with van der Waals surface area (Å²) in [5.74, 6) is 0.195. The second kappa shape index (κ2) is 12.4. The van der Waals surface area contributed by atoms with E-state index < -0.39 is 5.51 Å². The minimum absolute atomic E-state index is 0.108. The average molecular weight is 541 g/mol. The molecule has 0 aliphatic carbocycles. The number of nitrogens with one attached hydrogen (secondary N) is 1. The summed E-state index contributed by atoms with van der Waals surface area (Å²) in [6.45, 7) is 6.02. The summed E-state index contributed by atoms with van der Waals surface area (Å²) in [5, 5.41) is 4.13. The number of alkyl halides is 3. The van der Waals surface area contributed by atoms with Crippen molar-refractivity contribution in [3.63, 3.8) is 0 Å². The number of piperidine rings is 1. The van der Waals surface area contributed by atoms with Gasteiger partial charge in [0, 0.05) is 73.0 Å². The van der Waals surface area contributed by atoms with Gasteiger partial charge in [0.15, 0.2) is 0 Å². The molecule has 10 heteroatoms. The largest absolute Gasteiger partial charge is 0.446 e. The van der Waals surface area contributed by atoms with Crippen molar-refractivity contribution in [3.05, 3.63) is 53.6 Å². The zero-order valence-electron chi connectivity index (χ0n) is 20.1. The molecule has 0 radical (unpaired) electrons. The monoisotopic (exact) mass is 540 g/mol. The molecular formula is C26H32ClF3N4OS. The summed E-state index contributed by atoms with van der Waals surface area (Å²) in [5.41, 5.74) is -2.29. The summed E-state index contributed by atoms with van der Waals surface area (Å²) in [7, 11) is 0. The molecule has 2 heterocycles. The van der Waals surface area contributed by atoms with Crippen LogP contribution in [0.4, 0.5) is 24.5 Å². The average Bonchev–Trinajstić information content (AvgIpc) is 3.10. The maximum Gasteiger partial charge on any atom is 0.446 e. The van der Waals surface area contributed by atoms with E-state index in [0.717, 1.165) is 62.7 Å². The lowest BCUT2D eigenvalue weighted by atomic mass is 10.0. The van der Waals surface area contributed by atoms with Crippen LogP contribution in [0.3, 0.4) is 0 Å². The number of likely N-dealkylation sites (tertiary alicyclic amines) is 1. The molecule has 2 saturated heterocycles. The maximum atomic E-state index is 12.8. The third kappa shape index (κ3) is 8.21. The van der Waals surface area contributed by atoms with E-state index in [9.17, 15) is 18.0 Å². The zero-order valence-corrected chi connectivity index (χ0v) is 21.7. The molecule has 5 nitrogen and oxygen atoms in total. The van der Waals surface area contributed by atoms with E-state index in [1.54, 1.807) is 12.1 Å². The summed E-state index contributed by atoms with van der Waals surface area (Å²) in [6, 6.07) is 14.5. The fourth-order valence-electron chi connectivity index (χ4n) is 4.78. The van der Waals surface area contributed by atoms with Crippen LogP contribution < -0.4 is 10.2 Å². The van der Waals surface area contributed by atoms with Gasteiger partial charge in [-0.3, -0.25) is 4.79 Å². The molecule has 2 aliphatic rings. The second-order valence-corrected chi connectivity index (χ2v) is 10.9. The quantitative estimate of drug-likeness (QED) is 0.439. The Kier molecular flexibility index (Phi) is 9.30. The smallest absolute Gasteiger partial charge is 0.382 e. The van der Waals surface area contributed by atoms with Crippen LogP contribution in [0.2, 0.25) is 5.02 Å². The van der Waals surface area contributed by atoms with Gasteiger partial charge in [0.25, 0.3) is 0 Å². The Labute approximate surface area is 219 Å². The van der Waals surface area contributed by atoms with Crippen molar-refractivity contribution in [1.82, 2.24) is 9.80 Å². The molecule has 1 amide bonds. The number of thioether (sulfide) groups is 1.